The number of aliphatic hydroxyl groups is 1. The minimum absolute atomic E-state index is 0.140. The fourth-order valence-corrected chi connectivity index (χ4v) is 2.49. The number of carbonyl (C=O) groups is 2. The number of nitrogens with one attached hydrogen (secondary N) is 2. The van der Waals surface area contributed by atoms with Crippen LogP contribution in [0.3, 0.4) is 0 Å². The summed E-state index contributed by atoms with van der Waals surface area (Å²) in [5.41, 5.74) is 1.15. The summed E-state index contributed by atoms with van der Waals surface area (Å²) in [7, 11) is 3.04. The lowest BCUT2D eigenvalue weighted by Crippen LogP contribution is -2.46. The molecule has 0 saturated heterocycles. The van der Waals surface area contributed by atoms with Gasteiger partial charge in [0, 0.05) is 17.3 Å². The van der Waals surface area contributed by atoms with Crippen LogP contribution in [0, 0.1) is 0 Å². The number of hydrogen-bond acceptors (Lipinski definition) is 5. The maximum atomic E-state index is 12.5. The van der Waals surface area contributed by atoms with Crippen molar-refractivity contribution in [3.8, 4) is 11.5 Å². The van der Waals surface area contributed by atoms with E-state index in [4.69, 9.17) is 9.47 Å². The first-order valence-corrected chi connectivity index (χ1v) is 8.81. The largest absolute Gasteiger partial charge is 0.497 e. The SMILES string of the molecule is COc1cc(OC)cc(C(=O)Nc2ccc(CC(=O)NC(C)(C)CO)cc2)c1. The summed E-state index contributed by atoms with van der Waals surface area (Å²) in [5, 5.41) is 14.8. The van der Waals surface area contributed by atoms with E-state index in [0.717, 1.165) is 5.56 Å². The van der Waals surface area contributed by atoms with Crippen LogP contribution in [-0.2, 0) is 11.2 Å². The van der Waals surface area contributed by atoms with Crippen molar-refractivity contribution in [2.24, 2.45) is 0 Å². The van der Waals surface area contributed by atoms with Gasteiger partial charge in [0.05, 0.1) is 32.8 Å². The number of rotatable bonds is 8. The monoisotopic (exact) mass is 386 g/mol. The lowest BCUT2D eigenvalue weighted by Gasteiger charge is -2.23. The molecule has 150 valence electrons. The highest BCUT2D eigenvalue weighted by atomic mass is 16.5. The average molecular weight is 386 g/mol. The number of methoxy groups -OCH3 is 2. The standard InChI is InChI=1S/C21H26N2O5/c1-21(2,13-24)23-19(25)9-14-5-7-16(8-6-14)22-20(26)15-10-17(27-3)12-18(11-15)28-4/h5-8,10-12,24H,9,13H2,1-4H3,(H,22,26)(H,23,25). The Labute approximate surface area is 164 Å². The van der Waals surface area contributed by atoms with E-state index in [1.165, 1.54) is 14.2 Å². The van der Waals surface area contributed by atoms with Crippen LogP contribution in [0.2, 0.25) is 0 Å². The van der Waals surface area contributed by atoms with Gasteiger partial charge in [-0.05, 0) is 43.7 Å². The van der Waals surface area contributed by atoms with Crippen molar-refractivity contribution in [3.05, 3.63) is 53.6 Å². The third kappa shape index (κ3) is 5.99. The number of ether oxygens (including phenoxy) is 2. The van der Waals surface area contributed by atoms with Gasteiger partial charge in [0.2, 0.25) is 5.91 Å². The summed E-state index contributed by atoms with van der Waals surface area (Å²) in [5.74, 6) is 0.569. The molecule has 0 aromatic heterocycles. The molecular weight excluding hydrogens is 360 g/mol. The average Bonchev–Trinajstić information content (AvgIpc) is 2.68. The highest BCUT2D eigenvalue weighted by Crippen LogP contribution is 2.23. The van der Waals surface area contributed by atoms with Crippen molar-refractivity contribution in [1.29, 1.82) is 0 Å². The molecule has 0 heterocycles. The number of carbonyl (C=O) groups excluding carboxylic acids is 2. The molecule has 0 atom stereocenters. The highest BCUT2D eigenvalue weighted by molar-refractivity contribution is 6.04. The van der Waals surface area contributed by atoms with Gasteiger partial charge >= 0.3 is 0 Å². The Hall–Kier alpha value is -3.06. The number of amides is 2. The molecule has 2 rings (SSSR count). The zero-order chi connectivity index (χ0) is 20.7. The summed E-state index contributed by atoms with van der Waals surface area (Å²) in [6.45, 7) is 3.35. The minimum atomic E-state index is -0.664. The maximum absolute atomic E-state index is 12.5. The van der Waals surface area contributed by atoms with E-state index in [-0.39, 0.29) is 24.8 Å². The van der Waals surface area contributed by atoms with Crippen LogP contribution in [0.4, 0.5) is 5.69 Å². The topological polar surface area (TPSA) is 96.9 Å². The summed E-state index contributed by atoms with van der Waals surface area (Å²) >= 11 is 0. The van der Waals surface area contributed by atoms with Crippen molar-refractivity contribution in [1.82, 2.24) is 5.32 Å². The summed E-state index contributed by atoms with van der Waals surface area (Å²) < 4.78 is 10.4. The van der Waals surface area contributed by atoms with E-state index in [9.17, 15) is 14.7 Å². The molecule has 0 unspecified atom stereocenters. The highest BCUT2D eigenvalue weighted by Gasteiger charge is 2.19. The van der Waals surface area contributed by atoms with Gasteiger partial charge < -0.3 is 25.2 Å². The van der Waals surface area contributed by atoms with Crippen molar-refractivity contribution < 1.29 is 24.2 Å². The number of anilines is 1. The van der Waals surface area contributed by atoms with Crippen LogP contribution >= 0.6 is 0 Å². The van der Waals surface area contributed by atoms with Gasteiger partial charge in [-0.3, -0.25) is 9.59 Å². The van der Waals surface area contributed by atoms with E-state index in [0.29, 0.717) is 22.7 Å². The second-order valence-corrected chi connectivity index (χ2v) is 7.02. The van der Waals surface area contributed by atoms with Crippen molar-refractivity contribution in [2.45, 2.75) is 25.8 Å². The summed E-state index contributed by atoms with van der Waals surface area (Å²) in [6, 6.07) is 11.9. The number of aliphatic hydroxyl groups excluding tert-OH is 1. The molecule has 0 saturated carbocycles. The molecule has 7 nitrogen and oxygen atoms in total. The van der Waals surface area contributed by atoms with E-state index in [2.05, 4.69) is 10.6 Å². The quantitative estimate of drug-likeness (QED) is 0.647. The summed E-state index contributed by atoms with van der Waals surface area (Å²) in [4.78, 5) is 24.5. The normalized spacial score (nSPS) is 10.9. The third-order valence-electron chi connectivity index (χ3n) is 4.06. The fourth-order valence-electron chi connectivity index (χ4n) is 2.49. The van der Waals surface area contributed by atoms with Crippen LogP contribution in [0.15, 0.2) is 42.5 Å². The van der Waals surface area contributed by atoms with Gasteiger partial charge in [0.25, 0.3) is 5.91 Å². The second-order valence-electron chi connectivity index (χ2n) is 7.02. The molecule has 7 heteroatoms. The second kappa shape index (κ2) is 9.23. The Morgan fingerprint density at radius 2 is 1.57 bits per heavy atom. The number of hydrogen-bond donors (Lipinski definition) is 3. The molecule has 2 amide bonds. The third-order valence-corrected chi connectivity index (χ3v) is 4.06. The first-order valence-electron chi connectivity index (χ1n) is 8.81. The molecule has 28 heavy (non-hydrogen) atoms. The Morgan fingerprint density at radius 3 is 2.07 bits per heavy atom. The molecule has 0 bridgehead atoms. The first kappa shape index (κ1) is 21.2. The van der Waals surface area contributed by atoms with Gasteiger partial charge in [-0.25, -0.2) is 0 Å². The van der Waals surface area contributed by atoms with Crippen LogP contribution in [0.5, 0.6) is 11.5 Å². The Morgan fingerprint density at radius 1 is 1.00 bits per heavy atom. The fraction of sp³-hybridized carbons (Fsp3) is 0.333. The van der Waals surface area contributed by atoms with Crippen molar-refractivity contribution >= 4 is 17.5 Å². The Bertz CT molecular complexity index is 809. The zero-order valence-corrected chi connectivity index (χ0v) is 16.5. The first-order chi connectivity index (χ1) is 13.3. The Balaban J connectivity index is 2.02. The molecule has 0 spiro atoms. The lowest BCUT2D eigenvalue weighted by molar-refractivity contribution is -0.122. The Kier molecular flexibility index (Phi) is 7.00. The van der Waals surface area contributed by atoms with Crippen molar-refractivity contribution in [3.63, 3.8) is 0 Å². The van der Waals surface area contributed by atoms with Crippen LogP contribution in [0.1, 0.15) is 29.8 Å². The molecular formula is C21H26N2O5. The van der Waals surface area contributed by atoms with E-state index in [1.54, 1.807) is 56.3 Å². The maximum Gasteiger partial charge on any atom is 0.255 e. The molecule has 2 aromatic rings. The molecule has 2 aromatic carbocycles. The molecule has 0 aliphatic rings. The smallest absolute Gasteiger partial charge is 0.255 e. The van der Waals surface area contributed by atoms with Crippen molar-refractivity contribution in [2.75, 3.05) is 26.1 Å². The molecule has 0 aliphatic heterocycles. The number of benzene rings is 2. The van der Waals surface area contributed by atoms with Crippen LogP contribution in [0.25, 0.3) is 0 Å². The van der Waals surface area contributed by atoms with Gasteiger partial charge in [-0.1, -0.05) is 12.1 Å². The van der Waals surface area contributed by atoms with E-state index < -0.39 is 5.54 Å². The van der Waals surface area contributed by atoms with Gasteiger partial charge in [0.15, 0.2) is 0 Å². The zero-order valence-electron chi connectivity index (χ0n) is 16.5. The van der Waals surface area contributed by atoms with Gasteiger partial charge in [-0.15, -0.1) is 0 Å². The van der Waals surface area contributed by atoms with Gasteiger partial charge in [0.1, 0.15) is 11.5 Å². The van der Waals surface area contributed by atoms with E-state index in [1.807, 2.05) is 0 Å². The molecule has 3 N–H and O–H groups in total. The van der Waals surface area contributed by atoms with Crippen LogP contribution in [-0.4, -0.2) is 43.3 Å². The lowest BCUT2D eigenvalue weighted by atomic mass is 10.1. The predicted octanol–water partition coefficient (Wildman–Crippen LogP) is 2.39. The minimum Gasteiger partial charge on any atom is -0.497 e. The summed E-state index contributed by atoms with van der Waals surface area (Å²) in [6.07, 6.45) is 0.185. The molecule has 0 aliphatic carbocycles. The van der Waals surface area contributed by atoms with E-state index >= 15 is 0 Å². The van der Waals surface area contributed by atoms with Gasteiger partial charge in [-0.2, -0.15) is 0 Å². The molecule has 0 radical (unpaired) electrons. The molecule has 0 fully saturated rings. The predicted molar refractivity (Wildman–Crippen MR) is 107 cm³/mol. The van der Waals surface area contributed by atoms with Crippen LogP contribution < -0.4 is 20.1 Å².